The molecule has 1 aromatic heterocycles. The third-order valence-electron chi connectivity index (χ3n) is 4.94. The summed E-state index contributed by atoms with van der Waals surface area (Å²) in [5.74, 6) is 0.835. The number of pyridine rings is 1. The van der Waals surface area contributed by atoms with Crippen LogP contribution in [0.15, 0.2) is 53.0 Å². The molecule has 6 heteroatoms. The zero-order valence-electron chi connectivity index (χ0n) is 17.1. The van der Waals surface area contributed by atoms with Crippen molar-refractivity contribution in [3.63, 3.8) is 0 Å². The number of methoxy groups -OCH3 is 1. The van der Waals surface area contributed by atoms with Gasteiger partial charge >= 0.3 is 0 Å². The Hall–Kier alpha value is -2.02. The Morgan fingerprint density at radius 2 is 1.96 bits per heavy atom. The van der Waals surface area contributed by atoms with Crippen molar-refractivity contribution in [3.05, 3.63) is 59.3 Å². The molecule has 0 amide bonds. The normalized spacial score (nSPS) is 14.9. The number of rotatable bonds is 8. The molecule has 1 N–H and O–H groups in total. The lowest BCUT2D eigenvalue weighted by Gasteiger charge is -2.36. The summed E-state index contributed by atoms with van der Waals surface area (Å²) in [6, 6.07) is 10.7. The van der Waals surface area contributed by atoms with Gasteiger partial charge in [0.25, 0.3) is 0 Å². The molecule has 0 unspecified atom stereocenters. The molecule has 5 nitrogen and oxygen atoms in total. The number of hydrogen-bond donors (Lipinski definition) is 1. The highest BCUT2D eigenvalue weighted by atomic mass is 32.2. The van der Waals surface area contributed by atoms with Crippen molar-refractivity contribution in [2.45, 2.75) is 18.7 Å². The van der Waals surface area contributed by atoms with Gasteiger partial charge in [0.15, 0.2) is 0 Å². The molecule has 2 aromatic rings. The fraction of sp³-hybridized carbons (Fsp3) is 0.409. The molecule has 0 atom stereocenters. The van der Waals surface area contributed by atoms with E-state index >= 15 is 0 Å². The quantitative estimate of drug-likeness (QED) is 0.674. The Labute approximate surface area is 172 Å². The largest absolute Gasteiger partial charge is 0.383 e. The van der Waals surface area contributed by atoms with Gasteiger partial charge in [-0.25, -0.2) is 4.98 Å². The molecule has 0 saturated carbocycles. The minimum Gasteiger partial charge on any atom is -0.383 e. The summed E-state index contributed by atoms with van der Waals surface area (Å²) < 4.78 is 5.18. The highest BCUT2D eigenvalue weighted by Gasteiger charge is 2.17. The molecule has 2 heterocycles. The molecule has 3 rings (SSSR count). The van der Waals surface area contributed by atoms with Crippen molar-refractivity contribution in [2.75, 3.05) is 56.7 Å². The fourth-order valence-electron chi connectivity index (χ4n) is 3.25. The van der Waals surface area contributed by atoms with Crippen LogP contribution in [-0.4, -0.2) is 56.3 Å². The molecule has 1 aliphatic rings. The second-order valence-corrected chi connectivity index (χ2v) is 8.28. The number of aryl methyl sites for hydroxylation is 2. The zero-order valence-corrected chi connectivity index (χ0v) is 17.9. The molecular formula is C22H30N4OS. The van der Waals surface area contributed by atoms with Crippen LogP contribution in [0, 0.1) is 13.8 Å². The number of hydrogen-bond acceptors (Lipinski definition) is 6. The first-order valence-electron chi connectivity index (χ1n) is 9.68. The van der Waals surface area contributed by atoms with E-state index in [4.69, 9.17) is 4.74 Å². The van der Waals surface area contributed by atoms with Crippen LogP contribution in [0.5, 0.6) is 0 Å². The van der Waals surface area contributed by atoms with Crippen molar-refractivity contribution in [1.82, 2.24) is 9.88 Å². The molecule has 0 aliphatic carbocycles. The van der Waals surface area contributed by atoms with Gasteiger partial charge in [-0.1, -0.05) is 30.5 Å². The van der Waals surface area contributed by atoms with E-state index in [-0.39, 0.29) is 0 Å². The van der Waals surface area contributed by atoms with Crippen LogP contribution in [0.3, 0.4) is 0 Å². The lowest BCUT2D eigenvalue weighted by molar-refractivity contribution is 0.144. The standard InChI is InChI=1S/C22H30N4OS/c1-17-5-6-18(2)21(15-17)28-19(3)24-22-16-20(7-8-23-22)26-11-9-25(10-12-26)13-14-27-4/h5-8,15-16H,3,9-14H2,1-2,4H3,(H,23,24). The van der Waals surface area contributed by atoms with Crippen molar-refractivity contribution < 1.29 is 4.74 Å². The first kappa shape index (κ1) is 20.7. The van der Waals surface area contributed by atoms with Crippen LogP contribution in [0.2, 0.25) is 0 Å². The number of nitrogens with zero attached hydrogens (tertiary/aromatic N) is 3. The molecule has 1 fully saturated rings. The lowest BCUT2D eigenvalue weighted by atomic mass is 10.2. The maximum atomic E-state index is 5.18. The van der Waals surface area contributed by atoms with Gasteiger partial charge in [0.05, 0.1) is 11.6 Å². The first-order chi connectivity index (χ1) is 13.5. The van der Waals surface area contributed by atoms with Gasteiger partial charge in [-0.2, -0.15) is 0 Å². The summed E-state index contributed by atoms with van der Waals surface area (Å²) in [5.41, 5.74) is 3.71. The summed E-state index contributed by atoms with van der Waals surface area (Å²) in [7, 11) is 1.76. The van der Waals surface area contributed by atoms with E-state index in [0.717, 1.165) is 50.2 Å². The van der Waals surface area contributed by atoms with E-state index in [0.29, 0.717) is 0 Å². The van der Waals surface area contributed by atoms with Crippen molar-refractivity contribution in [2.24, 2.45) is 0 Å². The van der Waals surface area contributed by atoms with Crippen molar-refractivity contribution in [3.8, 4) is 0 Å². The Kier molecular flexibility index (Phi) is 7.36. The number of anilines is 2. The van der Waals surface area contributed by atoms with Gasteiger partial charge in [-0.05, 0) is 37.1 Å². The molecule has 0 spiro atoms. The van der Waals surface area contributed by atoms with Gasteiger partial charge in [0.2, 0.25) is 0 Å². The van der Waals surface area contributed by atoms with Crippen LogP contribution in [0.4, 0.5) is 11.5 Å². The molecule has 28 heavy (non-hydrogen) atoms. The average Bonchev–Trinajstić information content (AvgIpc) is 2.70. The van der Waals surface area contributed by atoms with Crippen LogP contribution < -0.4 is 10.2 Å². The summed E-state index contributed by atoms with van der Waals surface area (Å²) in [5, 5.41) is 4.23. The van der Waals surface area contributed by atoms with Gasteiger partial charge in [0, 0.05) is 62.7 Å². The van der Waals surface area contributed by atoms with Crippen LogP contribution >= 0.6 is 11.8 Å². The van der Waals surface area contributed by atoms with Gasteiger partial charge in [0.1, 0.15) is 5.82 Å². The third kappa shape index (κ3) is 5.74. The van der Waals surface area contributed by atoms with E-state index in [1.165, 1.54) is 21.7 Å². The number of thioether (sulfide) groups is 1. The Balaban J connectivity index is 1.57. The predicted molar refractivity (Wildman–Crippen MR) is 119 cm³/mol. The fourth-order valence-corrected chi connectivity index (χ4v) is 4.15. The highest BCUT2D eigenvalue weighted by Crippen LogP contribution is 2.30. The Morgan fingerprint density at radius 3 is 2.71 bits per heavy atom. The number of aromatic nitrogens is 1. The second kappa shape index (κ2) is 9.96. The third-order valence-corrected chi connectivity index (χ3v) is 5.95. The van der Waals surface area contributed by atoms with E-state index < -0.39 is 0 Å². The van der Waals surface area contributed by atoms with E-state index in [1.54, 1.807) is 18.9 Å². The molecular weight excluding hydrogens is 368 g/mol. The van der Waals surface area contributed by atoms with Crippen molar-refractivity contribution >= 4 is 23.3 Å². The van der Waals surface area contributed by atoms with E-state index in [2.05, 4.69) is 70.9 Å². The minimum absolute atomic E-state index is 0.795. The molecule has 150 valence electrons. The number of ether oxygens (including phenoxy) is 1. The van der Waals surface area contributed by atoms with E-state index in [1.807, 2.05) is 6.20 Å². The lowest BCUT2D eigenvalue weighted by Crippen LogP contribution is -2.47. The first-order valence-corrected chi connectivity index (χ1v) is 10.5. The van der Waals surface area contributed by atoms with Crippen LogP contribution in [-0.2, 0) is 4.74 Å². The molecule has 1 aromatic carbocycles. The predicted octanol–water partition coefficient (Wildman–Crippen LogP) is 4.14. The average molecular weight is 399 g/mol. The van der Waals surface area contributed by atoms with Gasteiger partial charge in [-0.15, -0.1) is 0 Å². The van der Waals surface area contributed by atoms with Crippen LogP contribution in [0.1, 0.15) is 11.1 Å². The highest BCUT2D eigenvalue weighted by molar-refractivity contribution is 8.03. The maximum absolute atomic E-state index is 5.18. The van der Waals surface area contributed by atoms with Gasteiger partial charge in [-0.3, -0.25) is 4.90 Å². The summed E-state index contributed by atoms with van der Waals surface area (Å²) in [6.45, 7) is 14.4. The monoisotopic (exact) mass is 398 g/mol. The number of piperazine rings is 1. The summed E-state index contributed by atoms with van der Waals surface area (Å²) >= 11 is 1.65. The Morgan fingerprint density at radius 1 is 1.18 bits per heavy atom. The van der Waals surface area contributed by atoms with Crippen molar-refractivity contribution in [1.29, 1.82) is 0 Å². The zero-order chi connectivity index (χ0) is 19.9. The smallest absolute Gasteiger partial charge is 0.132 e. The molecule has 0 radical (unpaired) electrons. The SMILES string of the molecule is C=C(Nc1cc(N2CCN(CCOC)CC2)ccn1)Sc1cc(C)ccc1C. The topological polar surface area (TPSA) is 40.6 Å². The maximum Gasteiger partial charge on any atom is 0.132 e. The van der Waals surface area contributed by atoms with E-state index in [9.17, 15) is 0 Å². The van der Waals surface area contributed by atoms with Gasteiger partial charge < -0.3 is 15.0 Å². The van der Waals surface area contributed by atoms with Crippen LogP contribution in [0.25, 0.3) is 0 Å². The molecule has 1 aliphatic heterocycles. The molecule has 0 bridgehead atoms. The summed E-state index contributed by atoms with van der Waals surface area (Å²) in [4.78, 5) is 10.6. The Bertz CT molecular complexity index is 803. The second-order valence-electron chi connectivity index (χ2n) is 7.14. The molecule has 1 saturated heterocycles. The minimum atomic E-state index is 0.795. The number of nitrogens with one attached hydrogen (secondary N) is 1. The number of benzene rings is 1. The summed E-state index contributed by atoms with van der Waals surface area (Å²) in [6.07, 6.45) is 1.87.